The number of halogens is 1. The Hall–Kier alpha value is -2.20. The topological polar surface area (TPSA) is 32.3 Å². The Kier molecular flexibility index (Phi) is 6.00. The van der Waals surface area contributed by atoms with Crippen LogP contribution in [0, 0.1) is 5.82 Å². The highest BCUT2D eigenvalue weighted by atomic mass is 19.1. The average Bonchev–Trinajstić information content (AvgIpc) is 3.43. The zero-order valence-electron chi connectivity index (χ0n) is 17.5. The van der Waals surface area contributed by atoms with E-state index in [9.17, 15) is 9.18 Å². The molecule has 3 nitrogen and oxygen atoms in total. The number of nitrogens with one attached hydrogen (secondary N) is 1. The van der Waals surface area contributed by atoms with E-state index in [1.54, 1.807) is 12.1 Å². The second-order valence-electron chi connectivity index (χ2n) is 8.72. The van der Waals surface area contributed by atoms with Crippen LogP contribution >= 0.6 is 0 Å². The first kappa shape index (κ1) is 20.1. The van der Waals surface area contributed by atoms with E-state index in [4.69, 9.17) is 0 Å². The van der Waals surface area contributed by atoms with Gasteiger partial charge in [0.15, 0.2) is 0 Å². The maximum Gasteiger partial charge on any atom is 0.224 e. The van der Waals surface area contributed by atoms with E-state index in [1.807, 2.05) is 25.1 Å². The van der Waals surface area contributed by atoms with Gasteiger partial charge in [-0.05, 0) is 105 Å². The van der Waals surface area contributed by atoms with Crippen molar-refractivity contribution in [2.45, 2.75) is 56.8 Å². The summed E-state index contributed by atoms with van der Waals surface area (Å²) in [6.45, 7) is 4.33. The minimum Gasteiger partial charge on any atom is -0.326 e. The highest BCUT2D eigenvalue weighted by Gasteiger charge is 2.50. The molecule has 154 valence electrons. The molecule has 1 aliphatic heterocycles. The molecule has 4 heteroatoms. The number of piperidine rings is 1. The highest BCUT2D eigenvalue weighted by molar-refractivity contribution is 5.91. The van der Waals surface area contributed by atoms with Crippen molar-refractivity contribution in [3.63, 3.8) is 0 Å². The van der Waals surface area contributed by atoms with Gasteiger partial charge in [0.05, 0.1) is 0 Å². The van der Waals surface area contributed by atoms with Crippen molar-refractivity contribution in [2.75, 3.05) is 25.5 Å². The first-order valence-electron chi connectivity index (χ1n) is 10.9. The molecule has 1 amide bonds. The van der Waals surface area contributed by atoms with Crippen LogP contribution < -0.4 is 5.32 Å². The van der Waals surface area contributed by atoms with Crippen LogP contribution in [0.3, 0.4) is 0 Å². The second kappa shape index (κ2) is 8.66. The Morgan fingerprint density at radius 3 is 2.45 bits per heavy atom. The Labute approximate surface area is 173 Å². The zero-order valence-corrected chi connectivity index (χ0v) is 17.5. The van der Waals surface area contributed by atoms with Gasteiger partial charge in [-0.1, -0.05) is 25.1 Å². The van der Waals surface area contributed by atoms with Gasteiger partial charge in [-0.15, -0.1) is 0 Å². The van der Waals surface area contributed by atoms with Gasteiger partial charge in [0.2, 0.25) is 5.91 Å². The van der Waals surface area contributed by atoms with Gasteiger partial charge in [-0.3, -0.25) is 4.79 Å². The van der Waals surface area contributed by atoms with Gasteiger partial charge >= 0.3 is 0 Å². The van der Waals surface area contributed by atoms with Gasteiger partial charge in [0.1, 0.15) is 5.82 Å². The van der Waals surface area contributed by atoms with Crippen LogP contribution in [-0.2, 0) is 4.79 Å². The minimum absolute atomic E-state index is 0.129. The van der Waals surface area contributed by atoms with Crippen LogP contribution in [0.4, 0.5) is 10.1 Å². The number of likely N-dealkylation sites (tertiary alicyclic amines) is 1. The third-order valence-corrected chi connectivity index (χ3v) is 6.50. The van der Waals surface area contributed by atoms with Crippen LogP contribution in [0.25, 0.3) is 0 Å². The number of carbonyl (C=O) groups is 1. The Bertz CT molecular complexity index is 856. The summed E-state index contributed by atoms with van der Waals surface area (Å²) in [4.78, 5) is 13.8. The highest BCUT2D eigenvalue weighted by Crippen LogP contribution is 2.66. The molecule has 5 rings (SSSR count). The number of nitrogens with zero attached hydrogens (tertiary/aromatic N) is 1. The van der Waals surface area contributed by atoms with E-state index >= 15 is 0 Å². The molecule has 2 unspecified atom stereocenters. The van der Waals surface area contributed by atoms with Crippen molar-refractivity contribution >= 4 is 11.6 Å². The first-order valence-corrected chi connectivity index (χ1v) is 10.9. The van der Waals surface area contributed by atoms with Crippen molar-refractivity contribution in [2.24, 2.45) is 0 Å². The number of anilines is 1. The summed E-state index contributed by atoms with van der Waals surface area (Å²) in [6, 6.07) is 13.3. The summed E-state index contributed by atoms with van der Waals surface area (Å²) in [5, 5.41) is 2.94. The number of amides is 1. The Morgan fingerprint density at radius 1 is 1.07 bits per heavy atom. The van der Waals surface area contributed by atoms with E-state index < -0.39 is 0 Å². The maximum absolute atomic E-state index is 12.7. The van der Waals surface area contributed by atoms with Gasteiger partial charge in [-0.25, -0.2) is 4.39 Å². The quantitative estimate of drug-likeness (QED) is 0.727. The van der Waals surface area contributed by atoms with Crippen LogP contribution in [0.2, 0.25) is 0 Å². The van der Waals surface area contributed by atoms with Crippen LogP contribution in [0.15, 0.2) is 42.5 Å². The summed E-state index contributed by atoms with van der Waals surface area (Å²) in [6.07, 6.45) is 5.25. The lowest BCUT2D eigenvalue weighted by molar-refractivity contribution is -0.116. The molecular weight excluding hydrogens is 363 g/mol. The molecule has 3 aliphatic rings. The molecule has 0 aromatic heterocycles. The number of benzene rings is 2. The summed E-state index contributed by atoms with van der Waals surface area (Å²) >= 11 is 0. The fourth-order valence-corrected chi connectivity index (χ4v) is 4.62. The lowest BCUT2D eigenvalue weighted by atomic mass is 9.88. The first-order chi connectivity index (χ1) is 14.0. The molecule has 29 heavy (non-hydrogen) atoms. The molecule has 0 spiro atoms. The van der Waals surface area contributed by atoms with Crippen molar-refractivity contribution in [3.05, 3.63) is 65.0 Å². The van der Waals surface area contributed by atoms with Crippen LogP contribution in [0.5, 0.6) is 0 Å². The van der Waals surface area contributed by atoms with E-state index in [0.717, 1.165) is 37.0 Å². The molecule has 1 heterocycles. The Morgan fingerprint density at radius 2 is 1.76 bits per heavy atom. The molecule has 2 aliphatic carbocycles. The lowest BCUT2D eigenvalue weighted by Crippen LogP contribution is -2.29. The monoisotopic (exact) mass is 394 g/mol. The molecule has 0 bridgehead atoms. The number of carbonyl (C=O) groups excluding carboxylic acids is 1. The summed E-state index contributed by atoms with van der Waals surface area (Å²) < 4.78 is 12.7. The smallest absolute Gasteiger partial charge is 0.224 e. The van der Waals surface area contributed by atoms with E-state index in [-0.39, 0.29) is 11.7 Å². The fourth-order valence-electron chi connectivity index (χ4n) is 4.62. The molecule has 1 saturated carbocycles. The van der Waals surface area contributed by atoms with Gasteiger partial charge in [-0.2, -0.15) is 0 Å². The molecule has 1 N–H and O–H groups in total. The fraction of sp³-hybridized carbons (Fsp3) is 0.480. The summed E-state index contributed by atoms with van der Waals surface area (Å²) in [7, 11) is 2.15. The van der Waals surface area contributed by atoms with Crippen molar-refractivity contribution in [1.82, 2.24) is 4.90 Å². The van der Waals surface area contributed by atoms with Crippen molar-refractivity contribution < 1.29 is 9.18 Å². The number of fused-ring (bicyclic) bond motifs is 4. The molecule has 2 fully saturated rings. The maximum atomic E-state index is 12.7. The largest absolute Gasteiger partial charge is 0.326 e. The third kappa shape index (κ3) is 4.69. The summed E-state index contributed by atoms with van der Waals surface area (Å²) in [5.74, 6) is 2.31. The predicted molar refractivity (Wildman–Crippen MR) is 116 cm³/mol. The molecule has 2 aromatic carbocycles. The number of rotatable bonds is 4. The van der Waals surface area contributed by atoms with E-state index in [2.05, 4.69) is 29.4 Å². The van der Waals surface area contributed by atoms with Crippen molar-refractivity contribution in [1.29, 1.82) is 0 Å². The number of hydrogen-bond donors (Lipinski definition) is 1. The SMILES string of the molecule is CCCC(=O)Nc1ccc2c(c1)C1CC21.CN1CCC(c2ccc(F)cc2)CC1. The van der Waals surface area contributed by atoms with Crippen molar-refractivity contribution in [3.8, 4) is 0 Å². The summed E-state index contributed by atoms with van der Waals surface area (Å²) in [5.41, 5.74) is 5.24. The average molecular weight is 395 g/mol. The van der Waals surface area contributed by atoms with Gasteiger partial charge in [0, 0.05) is 12.1 Å². The van der Waals surface area contributed by atoms with Crippen LogP contribution in [-0.4, -0.2) is 30.9 Å². The number of hydrogen-bond acceptors (Lipinski definition) is 2. The molecule has 2 atom stereocenters. The lowest BCUT2D eigenvalue weighted by Gasteiger charge is -2.29. The standard InChI is InChI=1S/C13H15NO.C12H16FN/c1-2-3-13(15)14-8-4-5-9-10(6-8)12-7-11(9)12;1-14-8-6-11(7-9-14)10-2-4-12(13)5-3-10/h4-6,11-12H,2-3,7H2,1H3,(H,14,15);2-5,11H,6-9H2,1H3. The third-order valence-electron chi connectivity index (χ3n) is 6.50. The van der Waals surface area contributed by atoms with Gasteiger partial charge in [0.25, 0.3) is 0 Å². The zero-order chi connectivity index (χ0) is 20.4. The predicted octanol–water partition coefficient (Wildman–Crippen LogP) is 5.64. The molecule has 0 radical (unpaired) electrons. The normalized spacial score (nSPS) is 22.4. The minimum atomic E-state index is -0.137. The van der Waals surface area contributed by atoms with E-state index in [0.29, 0.717) is 12.3 Å². The van der Waals surface area contributed by atoms with Gasteiger partial charge < -0.3 is 10.2 Å². The van der Waals surface area contributed by atoms with Crippen LogP contribution in [0.1, 0.15) is 73.5 Å². The Balaban J connectivity index is 0.000000142. The molecular formula is C25H31FN2O. The molecule has 1 saturated heterocycles. The second-order valence-corrected chi connectivity index (χ2v) is 8.72. The molecule has 2 aromatic rings. The van der Waals surface area contributed by atoms with E-state index in [1.165, 1.54) is 36.0 Å².